The van der Waals surface area contributed by atoms with Crippen molar-refractivity contribution in [1.82, 2.24) is 5.32 Å². The zero-order chi connectivity index (χ0) is 10.7. The molecule has 0 spiro atoms. The summed E-state index contributed by atoms with van der Waals surface area (Å²) in [5, 5.41) is 5.79. The third kappa shape index (κ3) is 2.80. The van der Waals surface area contributed by atoms with Gasteiger partial charge in [-0.15, -0.1) is 11.3 Å². The molecule has 0 aliphatic heterocycles. The number of nitrogens with one attached hydrogen (secondary N) is 1. The lowest BCUT2D eigenvalue weighted by Gasteiger charge is -2.31. The Hall–Kier alpha value is -0.380. The van der Waals surface area contributed by atoms with E-state index in [4.69, 9.17) is 5.73 Å². The van der Waals surface area contributed by atoms with Gasteiger partial charge in [-0.1, -0.05) is 18.9 Å². The Morgan fingerprint density at radius 3 is 2.93 bits per heavy atom. The Morgan fingerprint density at radius 1 is 1.47 bits per heavy atom. The number of hydrogen-bond donors (Lipinski definition) is 2. The number of rotatable bonds is 3. The first kappa shape index (κ1) is 11.1. The first-order valence-electron chi connectivity index (χ1n) is 5.82. The minimum atomic E-state index is 0.348. The molecule has 3 atom stereocenters. The van der Waals surface area contributed by atoms with Crippen LogP contribution in [0.4, 0.5) is 0 Å². The maximum atomic E-state index is 6.12. The summed E-state index contributed by atoms with van der Waals surface area (Å²) in [4.78, 5) is 1.41. The number of thiophene rings is 1. The molecule has 2 nitrogen and oxygen atoms in total. The van der Waals surface area contributed by atoms with Gasteiger partial charge in [0.2, 0.25) is 0 Å². The van der Waals surface area contributed by atoms with Gasteiger partial charge >= 0.3 is 0 Å². The summed E-state index contributed by atoms with van der Waals surface area (Å²) in [6, 6.07) is 5.60. The second-order valence-corrected chi connectivity index (χ2v) is 5.44. The van der Waals surface area contributed by atoms with Crippen LogP contribution in [-0.2, 0) is 0 Å². The molecular weight excluding hydrogens is 204 g/mol. The smallest absolute Gasteiger partial charge is 0.0388 e. The van der Waals surface area contributed by atoms with Gasteiger partial charge in [0.1, 0.15) is 0 Å². The van der Waals surface area contributed by atoms with E-state index in [1.165, 1.54) is 30.6 Å². The summed E-state index contributed by atoms with van der Waals surface area (Å²) in [5.74, 6) is 0. The Labute approximate surface area is 95.9 Å². The van der Waals surface area contributed by atoms with Gasteiger partial charge in [-0.2, -0.15) is 0 Å². The molecular formula is C12H20N2S. The van der Waals surface area contributed by atoms with Gasteiger partial charge < -0.3 is 11.1 Å². The predicted molar refractivity (Wildman–Crippen MR) is 66.1 cm³/mol. The fourth-order valence-electron chi connectivity index (χ4n) is 2.31. The molecule has 0 unspecified atom stereocenters. The van der Waals surface area contributed by atoms with Crippen LogP contribution < -0.4 is 11.1 Å². The third-order valence-corrected chi connectivity index (χ3v) is 4.31. The second kappa shape index (κ2) is 5.10. The lowest BCUT2D eigenvalue weighted by atomic mass is 9.90. The van der Waals surface area contributed by atoms with E-state index in [0.29, 0.717) is 18.1 Å². The summed E-state index contributed by atoms with van der Waals surface area (Å²) in [6.07, 6.45) is 5.03. The Morgan fingerprint density at radius 2 is 2.27 bits per heavy atom. The Balaban J connectivity index is 1.90. The summed E-state index contributed by atoms with van der Waals surface area (Å²) in [5.41, 5.74) is 6.12. The molecule has 0 amide bonds. The highest BCUT2D eigenvalue weighted by Crippen LogP contribution is 2.23. The Kier molecular flexibility index (Phi) is 3.78. The normalized spacial score (nSPS) is 28.9. The highest BCUT2D eigenvalue weighted by molar-refractivity contribution is 7.10. The third-order valence-electron chi connectivity index (χ3n) is 3.25. The fraction of sp³-hybridized carbons (Fsp3) is 0.667. The van der Waals surface area contributed by atoms with Crippen molar-refractivity contribution in [2.24, 2.45) is 5.73 Å². The molecule has 84 valence electrons. The number of hydrogen-bond acceptors (Lipinski definition) is 3. The van der Waals surface area contributed by atoms with E-state index in [1.807, 2.05) is 11.3 Å². The lowest BCUT2D eigenvalue weighted by molar-refractivity contribution is 0.308. The van der Waals surface area contributed by atoms with Gasteiger partial charge in [-0.05, 0) is 31.2 Å². The molecule has 1 heterocycles. The van der Waals surface area contributed by atoms with Gasteiger partial charge in [-0.25, -0.2) is 0 Å². The molecule has 1 fully saturated rings. The molecule has 0 aromatic carbocycles. The van der Waals surface area contributed by atoms with Crippen molar-refractivity contribution in [2.75, 3.05) is 0 Å². The van der Waals surface area contributed by atoms with Crippen LogP contribution in [0.1, 0.15) is 43.5 Å². The molecule has 0 saturated heterocycles. The predicted octanol–water partition coefficient (Wildman–Crippen LogP) is 2.67. The largest absolute Gasteiger partial charge is 0.326 e. The van der Waals surface area contributed by atoms with Crippen molar-refractivity contribution in [2.45, 2.75) is 50.7 Å². The minimum Gasteiger partial charge on any atom is -0.326 e. The zero-order valence-corrected chi connectivity index (χ0v) is 10.1. The SMILES string of the molecule is C[C@@H](N[C@H]1CCCC[C@@H]1N)c1cccs1. The topological polar surface area (TPSA) is 38.0 Å². The quantitative estimate of drug-likeness (QED) is 0.828. The van der Waals surface area contributed by atoms with Gasteiger partial charge in [0.25, 0.3) is 0 Å². The summed E-state index contributed by atoms with van der Waals surface area (Å²) < 4.78 is 0. The first-order valence-corrected chi connectivity index (χ1v) is 6.70. The van der Waals surface area contributed by atoms with Crippen LogP contribution in [0.25, 0.3) is 0 Å². The number of nitrogens with two attached hydrogens (primary N) is 1. The van der Waals surface area contributed by atoms with E-state index in [9.17, 15) is 0 Å². The van der Waals surface area contributed by atoms with Gasteiger partial charge in [0, 0.05) is 23.0 Å². The Bertz CT molecular complexity index is 284. The van der Waals surface area contributed by atoms with Crippen LogP contribution in [0.2, 0.25) is 0 Å². The summed E-state index contributed by atoms with van der Waals surface area (Å²) >= 11 is 1.82. The zero-order valence-electron chi connectivity index (χ0n) is 9.28. The molecule has 1 saturated carbocycles. The highest BCUT2D eigenvalue weighted by Gasteiger charge is 2.23. The van der Waals surface area contributed by atoms with E-state index in [-0.39, 0.29) is 0 Å². The van der Waals surface area contributed by atoms with Crippen LogP contribution in [0.3, 0.4) is 0 Å². The van der Waals surface area contributed by atoms with E-state index >= 15 is 0 Å². The van der Waals surface area contributed by atoms with Crippen molar-refractivity contribution >= 4 is 11.3 Å². The molecule has 3 heteroatoms. The van der Waals surface area contributed by atoms with Crippen LogP contribution in [-0.4, -0.2) is 12.1 Å². The molecule has 0 radical (unpaired) electrons. The van der Waals surface area contributed by atoms with Crippen molar-refractivity contribution in [3.05, 3.63) is 22.4 Å². The van der Waals surface area contributed by atoms with Crippen LogP contribution in [0, 0.1) is 0 Å². The molecule has 1 aromatic rings. The standard InChI is InChI=1S/C12H20N2S/c1-9(12-7-4-8-15-12)14-11-6-3-2-5-10(11)13/h4,7-11,14H,2-3,5-6,13H2,1H3/t9-,10+,11+/m1/s1. The van der Waals surface area contributed by atoms with Crippen LogP contribution in [0.15, 0.2) is 17.5 Å². The molecule has 2 rings (SSSR count). The average molecular weight is 224 g/mol. The lowest BCUT2D eigenvalue weighted by Crippen LogP contribution is -2.47. The average Bonchev–Trinajstić information content (AvgIpc) is 2.74. The van der Waals surface area contributed by atoms with E-state index < -0.39 is 0 Å². The molecule has 1 aliphatic carbocycles. The maximum absolute atomic E-state index is 6.12. The summed E-state index contributed by atoms with van der Waals surface area (Å²) in [7, 11) is 0. The van der Waals surface area contributed by atoms with E-state index in [0.717, 1.165) is 0 Å². The van der Waals surface area contributed by atoms with Crippen molar-refractivity contribution in [3.63, 3.8) is 0 Å². The maximum Gasteiger partial charge on any atom is 0.0388 e. The van der Waals surface area contributed by atoms with Crippen LogP contribution >= 0.6 is 11.3 Å². The molecule has 15 heavy (non-hydrogen) atoms. The van der Waals surface area contributed by atoms with Crippen LogP contribution in [0.5, 0.6) is 0 Å². The van der Waals surface area contributed by atoms with E-state index in [2.05, 4.69) is 29.8 Å². The van der Waals surface area contributed by atoms with Gasteiger partial charge in [0.15, 0.2) is 0 Å². The highest BCUT2D eigenvalue weighted by atomic mass is 32.1. The monoisotopic (exact) mass is 224 g/mol. The second-order valence-electron chi connectivity index (χ2n) is 4.46. The first-order chi connectivity index (χ1) is 7.27. The molecule has 1 aromatic heterocycles. The summed E-state index contributed by atoms with van der Waals surface area (Å²) in [6.45, 7) is 2.23. The fourth-order valence-corrected chi connectivity index (χ4v) is 3.05. The van der Waals surface area contributed by atoms with E-state index in [1.54, 1.807) is 0 Å². The van der Waals surface area contributed by atoms with Crippen molar-refractivity contribution in [1.29, 1.82) is 0 Å². The van der Waals surface area contributed by atoms with Gasteiger partial charge in [0.05, 0.1) is 0 Å². The van der Waals surface area contributed by atoms with Crippen molar-refractivity contribution in [3.8, 4) is 0 Å². The van der Waals surface area contributed by atoms with Gasteiger partial charge in [-0.3, -0.25) is 0 Å². The molecule has 0 bridgehead atoms. The van der Waals surface area contributed by atoms with Crippen molar-refractivity contribution < 1.29 is 0 Å². The molecule has 3 N–H and O–H groups in total. The minimum absolute atomic E-state index is 0.348. The molecule has 1 aliphatic rings.